The van der Waals surface area contributed by atoms with Crippen molar-refractivity contribution in [1.82, 2.24) is 10.9 Å². The van der Waals surface area contributed by atoms with Crippen LogP contribution in [0.15, 0.2) is 34.5 Å². The van der Waals surface area contributed by atoms with Crippen LogP contribution in [0.1, 0.15) is 18.9 Å². The van der Waals surface area contributed by atoms with E-state index in [2.05, 4.69) is 21.1 Å². The van der Waals surface area contributed by atoms with Gasteiger partial charge in [-0.1, -0.05) is 23.7 Å². The van der Waals surface area contributed by atoms with Gasteiger partial charge in [0.25, 0.3) is 0 Å². The first-order valence-electron chi connectivity index (χ1n) is 5.98. The van der Waals surface area contributed by atoms with Gasteiger partial charge in [-0.05, 0) is 24.6 Å². The Morgan fingerprint density at radius 1 is 1.60 bits per heavy atom. The van der Waals surface area contributed by atoms with E-state index in [1.807, 2.05) is 6.07 Å². The first-order valence-corrected chi connectivity index (χ1v) is 6.35. The van der Waals surface area contributed by atoms with E-state index >= 15 is 0 Å². The Morgan fingerprint density at radius 2 is 2.40 bits per heavy atom. The van der Waals surface area contributed by atoms with Crippen LogP contribution in [0.4, 0.5) is 0 Å². The second-order valence-electron chi connectivity index (χ2n) is 4.33. The molecule has 20 heavy (non-hydrogen) atoms. The number of hydrogen-bond donors (Lipinski definition) is 2. The van der Waals surface area contributed by atoms with E-state index in [4.69, 9.17) is 11.6 Å². The molecule has 1 aromatic rings. The molecule has 104 valence electrons. The maximum Gasteiger partial charge on any atom is 0.249 e. The lowest BCUT2D eigenvalue weighted by Gasteiger charge is -2.05. The average Bonchev–Trinajstić information content (AvgIpc) is 2.71. The third-order valence-corrected chi connectivity index (χ3v) is 3.04. The quantitative estimate of drug-likeness (QED) is 0.648. The van der Waals surface area contributed by atoms with Crippen molar-refractivity contribution in [3.8, 4) is 0 Å². The summed E-state index contributed by atoms with van der Waals surface area (Å²) >= 11 is 5.83. The fourth-order valence-electron chi connectivity index (χ4n) is 1.73. The molecule has 0 aliphatic carbocycles. The number of carbonyl (C=O) groups is 2. The summed E-state index contributed by atoms with van der Waals surface area (Å²) in [5, 5.41) is 8.19. The molecule has 0 radical (unpaired) electrons. The van der Waals surface area contributed by atoms with Crippen molar-refractivity contribution in [1.29, 1.82) is 0 Å². The van der Waals surface area contributed by atoms with E-state index in [0.717, 1.165) is 5.56 Å². The molecular formula is C13H13ClN4O2. The van der Waals surface area contributed by atoms with Gasteiger partial charge in [-0.15, -0.1) is 0 Å². The molecule has 7 heteroatoms. The highest BCUT2D eigenvalue weighted by atomic mass is 35.5. The summed E-state index contributed by atoms with van der Waals surface area (Å²) in [6.07, 6.45) is 1.51. The predicted molar refractivity (Wildman–Crippen MR) is 76.5 cm³/mol. The molecule has 2 amide bonds. The topological polar surface area (TPSA) is 82.9 Å². The number of rotatable bonds is 4. The van der Waals surface area contributed by atoms with Gasteiger partial charge in [0.05, 0.1) is 12.1 Å². The molecule has 1 heterocycles. The number of nitrogens with one attached hydrogen (secondary N) is 2. The highest BCUT2D eigenvalue weighted by molar-refractivity contribution is 6.30. The second-order valence-corrected chi connectivity index (χ2v) is 4.77. The van der Waals surface area contributed by atoms with Crippen LogP contribution in [0.3, 0.4) is 0 Å². The molecular weight excluding hydrogens is 280 g/mol. The average molecular weight is 293 g/mol. The Balaban J connectivity index is 1.86. The van der Waals surface area contributed by atoms with Crippen LogP contribution < -0.4 is 10.9 Å². The van der Waals surface area contributed by atoms with Gasteiger partial charge in [-0.3, -0.25) is 9.59 Å². The zero-order valence-corrected chi connectivity index (χ0v) is 11.5. The minimum Gasteiger partial charge on any atom is -0.273 e. The molecule has 1 unspecified atom stereocenters. The van der Waals surface area contributed by atoms with Crippen LogP contribution >= 0.6 is 11.6 Å². The van der Waals surface area contributed by atoms with Gasteiger partial charge < -0.3 is 0 Å². The Labute approximate surface area is 120 Å². The number of carbonyl (C=O) groups excluding carboxylic acids is 2. The van der Waals surface area contributed by atoms with E-state index in [1.165, 1.54) is 6.21 Å². The van der Waals surface area contributed by atoms with Crippen molar-refractivity contribution in [2.24, 2.45) is 16.1 Å². The fourth-order valence-corrected chi connectivity index (χ4v) is 1.92. The van der Waals surface area contributed by atoms with Crippen LogP contribution in [0.25, 0.3) is 0 Å². The monoisotopic (exact) mass is 292 g/mol. The molecule has 0 fully saturated rings. The van der Waals surface area contributed by atoms with E-state index in [-0.39, 0.29) is 18.2 Å². The van der Waals surface area contributed by atoms with E-state index in [1.54, 1.807) is 25.1 Å². The summed E-state index contributed by atoms with van der Waals surface area (Å²) in [5.41, 5.74) is 6.07. The Hall–Kier alpha value is -2.21. The first-order chi connectivity index (χ1) is 9.56. The summed E-state index contributed by atoms with van der Waals surface area (Å²) in [7, 11) is 0. The van der Waals surface area contributed by atoms with Gasteiger partial charge >= 0.3 is 0 Å². The number of nitrogens with zero attached hydrogens (tertiary/aromatic N) is 2. The van der Waals surface area contributed by atoms with Gasteiger partial charge in [0.15, 0.2) is 0 Å². The van der Waals surface area contributed by atoms with Crippen LogP contribution in [0.2, 0.25) is 5.02 Å². The summed E-state index contributed by atoms with van der Waals surface area (Å²) in [5.74, 6) is -1.13. The second kappa shape index (κ2) is 6.29. The van der Waals surface area contributed by atoms with E-state index in [0.29, 0.717) is 10.7 Å². The minimum absolute atomic E-state index is 0.0219. The Kier molecular flexibility index (Phi) is 4.47. The van der Waals surface area contributed by atoms with Crippen molar-refractivity contribution >= 4 is 35.3 Å². The summed E-state index contributed by atoms with van der Waals surface area (Å²) < 4.78 is 0. The normalized spacial score (nSPS) is 18.0. The van der Waals surface area contributed by atoms with Crippen LogP contribution in [0, 0.1) is 5.92 Å². The maximum atomic E-state index is 11.7. The van der Waals surface area contributed by atoms with Crippen molar-refractivity contribution in [2.45, 2.75) is 13.3 Å². The molecule has 0 spiro atoms. The lowest BCUT2D eigenvalue weighted by atomic mass is 10.0. The molecule has 2 N–H and O–H groups in total. The zero-order chi connectivity index (χ0) is 14.5. The number of hydrazone groups is 2. The SMILES string of the molecule is CC1=NNC(=O)C1CC(=O)N/N=C/c1cccc(Cl)c1. The maximum absolute atomic E-state index is 11.7. The number of benzene rings is 1. The number of halogens is 1. The highest BCUT2D eigenvalue weighted by Gasteiger charge is 2.28. The van der Waals surface area contributed by atoms with Gasteiger partial charge in [-0.2, -0.15) is 10.2 Å². The lowest BCUT2D eigenvalue weighted by molar-refractivity contribution is -0.127. The zero-order valence-electron chi connectivity index (χ0n) is 10.8. The molecule has 1 aliphatic rings. The van der Waals surface area contributed by atoms with Crippen molar-refractivity contribution < 1.29 is 9.59 Å². The van der Waals surface area contributed by atoms with E-state index in [9.17, 15) is 9.59 Å². The predicted octanol–water partition coefficient (Wildman–Crippen LogP) is 1.30. The Morgan fingerprint density at radius 3 is 3.05 bits per heavy atom. The summed E-state index contributed by atoms with van der Waals surface area (Å²) in [6.45, 7) is 1.70. The molecule has 1 aromatic carbocycles. The highest BCUT2D eigenvalue weighted by Crippen LogP contribution is 2.11. The molecule has 0 saturated carbocycles. The standard InChI is InChI=1S/C13H13ClN4O2/c1-8-11(13(20)18-16-8)6-12(19)17-15-7-9-3-2-4-10(14)5-9/h2-5,7,11H,6H2,1H3,(H,17,19)(H,18,20)/b15-7+. The Bertz CT molecular complexity index is 598. The molecule has 6 nitrogen and oxygen atoms in total. The van der Waals surface area contributed by atoms with Gasteiger partial charge in [-0.25, -0.2) is 10.9 Å². The van der Waals surface area contributed by atoms with Gasteiger partial charge in [0.1, 0.15) is 0 Å². The third-order valence-electron chi connectivity index (χ3n) is 2.80. The van der Waals surface area contributed by atoms with Crippen molar-refractivity contribution in [2.75, 3.05) is 0 Å². The van der Waals surface area contributed by atoms with Crippen LogP contribution in [0.5, 0.6) is 0 Å². The largest absolute Gasteiger partial charge is 0.273 e. The number of amides is 2. The lowest BCUT2D eigenvalue weighted by Crippen LogP contribution is -2.29. The molecule has 1 atom stereocenters. The van der Waals surface area contributed by atoms with Gasteiger partial charge in [0, 0.05) is 17.2 Å². The van der Waals surface area contributed by atoms with Crippen molar-refractivity contribution in [3.05, 3.63) is 34.9 Å². The molecule has 0 bridgehead atoms. The molecule has 0 aromatic heterocycles. The first kappa shape index (κ1) is 14.2. The summed E-state index contributed by atoms with van der Waals surface area (Å²) in [4.78, 5) is 23.1. The van der Waals surface area contributed by atoms with Crippen LogP contribution in [-0.4, -0.2) is 23.7 Å². The third kappa shape index (κ3) is 3.64. The molecule has 1 aliphatic heterocycles. The minimum atomic E-state index is -0.517. The summed E-state index contributed by atoms with van der Waals surface area (Å²) in [6, 6.07) is 7.06. The van der Waals surface area contributed by atoms with Crippen LogP contribution in [-0.2, 0) is 9.59 Å². The van der Waals surface area contributed by atoms with Gasteiger partial charge in [0.2, 0.25) is 11.8 Å². The molecule has 2 rings (SSSR count). The number of hydrogen-bond acceptors (Lipinski definition) is 4. The smallest absolute Gasteiger partial charge is 0.249 e. The molecule has 0 saturated heterocycles. The van der Waals surface area contributed by atoms with Crippen molar-refractivity contribution in [3.63, 3.8) is 0 Å². The van der Waals surface area contributed by atoms with E-state index < -0.39 is 5.92 Å². The fraction of sp³-hybridized carbons (Fsp3) is 0.231.